The highest BCUT2D eigenvalue weighted by Crippen LogP contribution is 2.23. The molecule has 1 saturated heterocycles. The standard InChI is InChI=1S/C25H26N2O4S/c28-25(24-15-6-5-10-20(24)19-31-22-12-3-1-4-13-22)26-21-11-9-14-23(18-21)32(29,30)27-16-7-2-8-17-27/h1,3-6,9-15,18H,2,7-8,16-17,19H2,(H,26,28). The molecule has 0 unspecified atom stereocenters. The van der Waals surface area contributed by atoms with Crippen LogP contribution in [0.3, 0.4) is 0 Å². The lowest BCUT2D eigenvalue weighted by Gasteiger charge is -2.26. The number of nitrogens with one attached hydrogen (secondary N) is 1. The van der Waals surface area contributed by atoms with Crippen LogP contribution >= 0.6 is 0 Å². The van der Waals surface area contributed by atoms with Crippen LogP contribution in [0.1, 0.15) is 35.2 Å². The molecule has 1 aliphatic rings. The van der Waals surface area contributed by atoms with Gasteiger partial charge in [0.15, 0.2) is 0 Å². The van der Waals surface area contributed by atoms with E-state index < -0.39 is 10.0 Å². The summed E-state index contributed by atoms with van der Waals surface area (Å²) in [4.78, 5) is 13.2. The Kier molecular flexibility index (Phi) is 6.87. The van der Waals surface area contributed by atoms with E-state index in [1.165, 1.54) is 10.4 Å². The van der Waals surface area contributed by atoms with E-state index in [0.29, 0.717) is 24.3 Å². The van der Waals surface area contributed by atoms with Crippen molar-refractivity contribution < 1.29 is 17.9 Å². The van der Waals surface area contributed by atoms with Gasteiger partial charge in [-0.15, -0.1) is 0 Å². The second-order valence-electron chi connectivity index (χ2n) is 7.71. The van der Waals surface area contributed by atoms with Crippen molar-refractivity contribution in [2.24, 2.45) is 0 Å². The number of hydrogen-bond donors (Lipinski definition) is 1. The zero-order valence-electron chi connectivity index (χ0n) is 17.7. The van der Waals surface area contributed by atoms with Crippen LogP contribution in [-0.2, 0) is 16.6 Å². The first-order valence-electron chi connectivity index (χ1n) is 10.7. The molecule has 4 rings (SSSR count). The van der Waals surface area contributed by atoms with Gasteiger partial charge in [-0.3, -0.25) is 4.79 Å². The van der Waals surface area contributed by atoms with Crippen molar-refractivity contribution in [3.63, 3.8) is 0 Å². The molecule has 0 spiro atoms. The van der Waals surface area contributed by atoms with Gasteiger partial charge < -0.3 is 10.1 Å². The molecule has 0 bridgehead atoms. The third-order valence-corrected chi connectivity index (χ3v) is 7.34. The van der Waals surface area contributed by atoms with Crippen molar-refractivity contribution in [1.82, 2.24) is 4.31 Å². The molecule has 3 aromatic carbocycles. The summed E-state index contributed by atoms with van der Waals surface area (Å²) in [6.45, 7) is 1.32. The maximum absolute atomic E-state index is 13.0. The second kappa shape index (κ2) is 9.97. The first-order chi connectivity index (χ1) is 15.5. The predicted octanol–water partition coefficient (Wildman–Crippen LogP) is 4.69. The number of para-hydroxylation sites is 1. The number of rotatable bonds is 7. The van der Waals surface area contributed by atoms with Crippen LogP contribution < -0.4 is 10.1 Å². The molecule has 1 heterocycles. The highest BCUT2D eigenvalue weighted by atomic mass is 32.2. The number of sulfonamides is 1. The topological polar surface area (TPSA) is 75.7 Å². The summed E-state index contributed by atoms with van der Waals surface area (Å²) in [6, 6.07) is 23.0. The lowest BCUT2D eigenvalue weighted by molar-refractivity contribution is 0.102. The number of carbonyl (C=O) groups excluding carboxylic acids is 1. The van der Waals surface area contributed by atoms with Crippen molar-refractivity contribution >= 4 is 21.6 Å². The van der Waals surface area contributed by atoms with Gasteiger partial charge in [0.1, 0.15) is 12.4 Å². The summed E-state index contributed by atoms with van der Waals surface area (Å²) in [6.07, 6.45) is 2.80. The van der Waals surface area contributed by atoms with Crippen LogP contribution in [0.4, 0.5) is 5.69 Å². The Morgan fingerprint density at radius 1 is 0.875 bits per heavy atom. The van der Waals surface area contributed by atoms with E-state index in [1.54, 1.807) is 30.3 Å². The van der Waals surface area contributed by atoms with Crippen LogP contribution in [0.25, 0.3) is 0 Å². The molecular formula is C25H26N2O4S. The van der Waals surface area contributed by atoms with E-state index in [9.17, 15) is 13.2 Å². The number of anilines is 1. The van der Waals surface area contributed by atoms with E-state index in [0.717, 1.165) is 30.6 Å². The molecule has 0 saturated carbocycles. The molecule has 7 heteroatoms. The van der Waals surface area contributed by atoms with E-state index in [2.05, 4.69) is 5.32 Å². The first kappa shape index (κ1) is 22.0. The average molecular weight is 451 g/mol. The van der Waals surface area contributed by atoms with Crippen molar-refractivity contribution in [3.8, 4) is 5.75 Å². The summed E-state index contributed by atoms with van der Waals surface area (Å²) < 4.78 is 33.3. The van der Waals surface area contributed by atoms with Gasteiger partial charge in [-0.25, -0.2) is 8.42 Å². The largest absolute Gasteiger partial charge is 0.489 e. The second-order valence-corrected chi connectivity index (χ2v) is 9.64. The molecule has 6 nitrogen and oxygen atoms in total. The molecule has 166 valence electrons. The van der Waals surface area contributed by atoms with Gasteiger partial charge >= 0.3 is 0 Å². The summed E-state index contributed by atoms with van der Waals surface area (Å²) in [7, 11) is -3.57. The van der Waals surface area contributed by atoms with Gasteiger partial charge in [0.2, 0.25) is 10.0 Å². The Labute approximate surface area is 188 Å². The molecule has 1 N–H and O–H groups in total. The van der Waals surface area contributed by atoms with Gasteiger partial charge in [-0.05, 0) is 49.2 Å². The number of nitrogens with zero attached hydrogens (tertiary/aromatic N) is 1. The molecule has 1 amide bonds. The fourth-order valence-corrected chi connectivity index (χ4v) is 5.30. The summed E-state index contributed by atoms with van der Waals surface area (Å²) in [5.74, 6) is 0.406. The monoisotopic (exact) mass is 450 g/mol. The number of ether oxygens (including phenoxy) is 1. The lowest BCUT2D eigenvalue weighted by Crippen LogP contribution is -2.35. The smallest absolute Gasteiger partial charge is 0.256 e. The van der Waals surface area contributed by atoms with E-state index in [-0.39, 0.29) is 17.4 Å². The average Bonchev–Trinajstić information content (AvgIpc) is 2.84. The molecule has 1 aliphatic heterocycles. The van der Waals surface area contributed by atoms with Gasteiger partial charge in [-0.1, -0.05) is 48.9 Å². The quantitative estimate of drug-likeness (QED) is 0.567. The van der Waals surface area contributed by atoms with Crippen LogP contribution in [-0.4, -0.2) is 31.7 Å². The summed E-state index contributed by atoms with van der Waals surface area (Å²) in [5, 5.41) is 2.83. The van der Waals surface area contributed by atoms with Crippen LogP contribution in [0.15, 0.2) is 83.8 Å². The Balaban J connectivity index is 1.49. The number of hydrogen-bond acceptors (Lipinski definition) is 4. The van der Waals surface area contributed by atoms with Crippen LogP contribution in [0.2, 0.25) is 0 Å². The molecule has 0 aliphatic carbocycles. The fraction of sp³-hybridized carbons (Fsp3) is 0.240. The maximum Gasteiger partial charge on any atom is 0.256 e. The number of carbonyl (C=O) groups is 1. The molecule has 1 fully saturated rings. The minimum absolute atomic E-state index is 0.192. The highest BCUT2D eigenvalue weighted by molar-refractivity contribution is 7.89. The molecule has 0 radical (unpaired) electrons. The van der Waals surface area contributed by atoms with Crippen LogP contribution in [0.5, 0.6) is 5.75 Å². The van der Waals surface area contributed by atoms with E-state index in [4.69, 9.17) is 4.74 Å². The van der Waals surface area contributed by atoms with Gasteiger partial charge in [0, 0.05) is 29.9 Å². The Morgan fingerprint density at radius 2 is 1.59 bits per heavy atom. The zero-order chi connectivity index (χ0) is 22.4. The number of benzene rings is 3. The zero-order valence-corrected chi connectivity index (χ0v) is 18.6. The van der Waals surface area contributed by atoms with Gasteiger partial charge in [0.05, 0.1) is 4.90 Å². The van der Waals surface area contributed by atoms with Gasteiger partial charge in [-0.2, -0.15) is 4.31 Å². The molecule has 32 heavy (non-hydrogen) atoms. The van der Waals surface area contributed by atoms with Crippen molar-refractivity contribution in [2.75, 3.05) is 18.4 Å². The third-order valence-electron chi connectivity index (χ3n) is 5.44. The summed E-state index contributed by atoms with van der Waals surface area (Å²) >= 11 is 0. The summed E-state index contributed by atoms with van der Waals surface area (Å²) in [5.41, 5.74) is 1.66. The predicted molar refractivity (Wildman–Crippen MR) is 124 cm³/mol. The Hall–Kier alpha value is -3.16. The number of amides is 1. The Morgan fingerprint density at radius 3 is 2.38 bits per heavy atom. The van der Waals surface area contributed by atoms with Crippen molar-refractivity contribution in [1.29, 1.82) is 0 Å². The minimum atomic E-state index is -3.57. The van der Waals surface area contributed by atoms with Gasteiger partial charge in [0.25, 0.3) is 5.91 Å². The SMILES string of the molecule is O=C(Nc1cccc(S(=O)(=O)N2CCCCC2)c1)c1ccccc1COc1ccccc1. The molecule has 3 aromatic rings. The van der Waals surface area contributed by atoms with Crippen molar-refractivity contribution in [2.45, 2.75) is 30.8 Å². The normalized spacial score (nSPS) is 14.6. The third kappa shape index (κ3) is 5.18. The van der Waals surface area contributed by atoms with Crippen molar-refractivity contribution in [3.05, 3.63) is 90.0 Å². The lowest BCUT2D eigenvalue weighted by atomic mass is 10.1. The molecule has 0 aromatic heterocycles. The first-order valence-corrected chi connectivity index (χ1v) is 12.2. The maximum atomic E-state index is 13.0. The van der Waals surface area contributed by atoms with E-state index >= 15 is 0 Å². The minimum Gasteiger partial charge on any atom is -0.489 e. The molecule has 0 atom stereocenters. The molecular weight excluding hydrogens is 424 g/mol. The highest BCUT2D eigenvalue weighted by Gasteiger charge is 2.26. The number of piperidine rings is 1. The van der Waals surface area contributed by atoms with E-state index in [1.807, 2.05) is 42.5 Å². The van der Waals surface area contributed by atoms with Crippen LogP contribution in [0, 0.1) is 0 Å². The fourth-order valence-electron chi connectivity index (χ4n) is 3.73. The Bertz CT molecular complexity index is 1170.